The van der Waals surface area contributed by atoms with E-state index in [1.165, 1.54) is 0 Å². The topological polar surface area (TPSA) is 172 Å². The monoisotopic (exact) mass is 769 g/mol. The Bertz CT molecular complexity index is 1420. The number of phosphoric acid groups is 1. The average Bonchev–Trinajstić information content (AvgIpc) is 3.14. The second-order valence-corrected chi connectivity index (χ2v) is 13.0. The van der Waals surface area contributed by atoms with Crippen molar-refractivity contribution in [3.63, 3.8) is 0 Å². The molecule has 54 heavy (non-hydrogen) atoms. The third-order valence-electron chi connectivity index (χ3n) is 6.68. The highest BCUT2D eigenvalue weighted by atomic mass is 31.2. The molecule has 0 aliphatic carbocycles. The number of nitrogens with two attached hydrogens (primary N) is 1. The zero-order valence-electron chi connectivity index (χ0n) is 31.7. The fourth-order valence-electron chi connectivity index (χ4n) is 3.83. The number of aliphatic carboxylic acids is 1. The SMILES string of the molecule is CC/C=C/C=C/C=C/C=C/C=C/C=C/CCCCCC(=O)OCC(COP(=O)(O)OC[C@H](N)C(=O)O)OC(=O)CCC/C=C/C=C/C=C/C=C/C=C/CC. The molecule has 2 unspecified atom stereocenters. The van der Waals surface area contributed by atoms with E-state index in [-0.39, 0.29) is 12.8 Å². The Balaban J connectivity index is 4.71. The largest absolute Gasteiger partial charge is 0.480 e. The molecule has 0 aromatic rings. The highest BCUT2D eigenvalue weighted by Crippen LogP contribution is 2.43. The van der Waals surface area contributed by atoms with Crippen molar-refractivity contribution in [2.45, 2.75) is 90.2 Å². The van der Waals surface area contributed by atoms with Gasteiger partial charge in [0.1, 0.15) is 12.6 Å². The van der Waals surface area contributed by atoms with Crippen LogP contribution in [0.25, 0.3) is 0 Å². The van der Waals surface area contributed by atoms with Gasteiger partial charge in [-0.3, -0.25) is 23.4 Å². The molecular formula is C42H60NO10P. The van der Waals surface area contributed by atoms with Crippen LogP contribution >= 0.6 is 7.82 Å². The van der Waals surface area contributed by atoms with Crippen molar-refractivity contribution < 1.29 is 47.5 Å². The Kier molecular flexibility index (Phi) is 32.7. The van der Waals surface area contributed by atoms with Gasteiger partial charge in [0.2, 0.25) is 0 Å². The number of rotatable bonds is 31. The minimum absolute atomic E-state index is 0.0444. The van der Waals surface area contributed by atoms with Crippen LogP contribution in [0.4, 0.5) is 0 Å². The van der Waals surface area contributed by atoms with Crippen LogP contribution in [0.15, 0.2) is 134 Å². The predicted octanol–water partition coefficient (Wildman–Crippen LogP) is 9.05. The van der Waals surface area contributed by atoms with Gasteiger partial charge < -0.3 is 25.2 Å². The van der Waals surface area contributed by atoms with E-state index in [1.807, 2.05) is 115 Å². The van der Waals surface area contributed by atoms with Crippen LogP contribution in [0.2, 0.25) is 0 Å². The number of esters is 2. The summed E-state index contributed by atoms with van der Waals surface area (Å²) in [6.45, 7) is 2.33. The smallest absolute Gasteiger partial charge is 0.472 e. The molecule has 0 aromatic heterocycles. The highest BCUT2D eigenvalue weighted by Gasteiger charge is 2.28. The maximum atomic E-state index is 12.5. The van der Waals surface area contributed by atoms with Gasteiger partial charge in [0.05, 0.1) is 13.2 Å². The molecule has 0 aliphatic rings. The standard InChI is InChI=1S/C42H60NO10P/c1-3-5-7-9-11-13-15-17-18-19-20-22-23-25-27-29-31-33-40(44)50-35-38(36-51-54(48,49)52-37-39(43)42(46)47)53-41(45)34-32-30-28-26-24-21-16-14-12-10-8-6-4-2/h5-24,26,28,38-39H,3-4,25,27,29-37,43H2,1-2H3,(H,46,47)(H,48,49)/b7-5+,8-6+,11-9+,12-10+,15-13+,16-14+,18-17+,20-19+,23-22+,24-21+,28-26+/t38?,39-/m0/s1. The lowest BCUT2D eigenvalue weighted by Gasteiger charge is -2.20. The van der Waals surface area contributed by atoms with Crippen molar-refractivity contribution in [3.05, 3.63) is 134 Å². The number of carboxylic acids is 1. The number of hydrogen-bond acceptors (Lipinski definition) is 9. The summed E-state index contributed by atoms with van der Waals surface area (Å²) in [7, 11) is -4.75. The molecule has 0 amide bonds. The molecule has 298 valence electrons. The summed E-state index contributed by atoms with van der Waals surface area (Å²) in [6, 6.07) is -1.55. The minimum atomic E-state index is -4.75. The Morgan fingerprint density at radius 3 is 1.48 bits per heavy atom. The lowest BCUT2D eigenvalue weighted by atomic mass is 10.1. The number of carboxylic acid groups (broad SMARTS) is 1. The summed E-state index contributed by atoms with van der Waals surface area (Å²) in [4.78, 5) is 45.7. The minimum Gasteiger partial charge on any atom is -0.480 e. The molecule has 12 heteroatoms. The molecule has 0 radical (unpaired) electrons. The Morgan fingerprint density at radius 1 is 0.574 bits per heavy atom. The first kappa shape index (κ1) is 49.6. The third-order valence-corrected chi connectivity index (χ3v) is 7.63. The van der Waals surface area contributed by atoms with E-state index in [0.29, 0.717) is 19.3 Å². The fraction of sp³-hybridized carbons (Fsp3) is 0.405. The molecule has 0 aliphatic heterocycles. The van der Waals surface area contributed by atoms with Crippen LogP contribution in [0.1, 0.15) is 78.1 Å². The van der Waals surface area contributed by atoms with Crippen LogP contribution in [-0.4, -0.2) is 59.9 Å². The van der Waals surface area contributed by atoms with Crippen molar-refractivity contribution in [1.29, 1.82) is 0 Å². The van der Waals surface area contributed by atoms with Gasteiger partial charge in [0.15, 0.2) is 6.10 Å². The van der Waals surface area contributed by atoms with Crippen LogP contribution < -0.4 is 5.73 Å². The van der Waals surface area contributed by atoms with Crippen molar-refractivity contribution in [1.82, 2.24) is 0 Å². The molecule has 0 spiro atoms. The predicted molar refractivity (Wildman–Crippen MR) is 216 cm³/mol. The number of allylic oxidation sites excluding steroid dienone is 22. The van der Waals surface area contributed by atoms with E-state index in [1.54, 1.807) is 0 Å². The molecule has 0 aromatic carbocycles. The third kappa shape index (κ3) is 34.7. The maximum absolute atomic E-state index is 12.5. The van der Waals surface area contributed by atoms with Gasteiger partial charge in [-0.05, 0) is 44.9 Å². The number of ether oxygens (including phenoxy) is 2. The Labute approximate surface area is 322 Å². The summed E-state index contributed by atoms with van der Waals surface area (Å²) >= 11 is 0. The van der Waals surface area contributed by atoms with Gasteiger partial charge in [0.25, 0.3) is 0 Å². The number of carbonyl (C=O) groups excluding carboxylic acids is 2. The van der Waals surface area contributed by atoms with E-state index in [2.05, 4.69) is 36.6 Å². The van der Waals surface area contributed by atoms with Crippen molar-refractivity contribution in [2.75, 3.05) is 19.8 Å². The van der Waals surface area contributed by atoms with Gasteiger partial charge in [0, 0.05) is 12.8 Å². The summed E-state index contributed by atoms with van der Waals surface area (Å²) in [5, 5.41) is 8.85. The second kappa shape index (κ2) is 35.6. The lowest BCUT2D eigenvalue weighted by molar-refractivity contribution is -0.161. The summed E-state index contributed by atoms with van der Waals surface area (Å²) in [5.74, 6) is -2.56. The van der Waals surface area contributed by atoms with E-state index >= 15 is 0 Å². The van der Waals surface area contributed by atoms with Crippen LogP contribution in [0.5, 0.6) is 0 Å². The van der Waals surface area contributed by atoms with Crippen molar-refractivity contribution in [3.8, 4) is 0 Å². The molecular weight excluding hydrogens is 709 g/mol. The summed E-state index contributed by atoms with van der Waals surface area (Å²) < 4.78 is 32.4. The van der Waals surface area contributed by atoms with Crippen LogP contribution in [0.3, 0.4) is 0 Å². The van der Waals surface area contributed by atoms with Gasteiger partial charge in [-0.25, -0.2) is 4.57 Å². The Hall–Kier alpha value is -4.38. The van der Waals surface area contributed by atoms with Crippen LogP contribution in [-0.2, 0) is 37.5 Å². The van der Waals surface area contributed by atoms with Gasteiger partial charge in [-0.2, -0.15) is 0 Å². The molecule has 0 bridgehead atoms. The molecule has 0 rings (SSSR count). The zero-order chi connectivity index (χ0) is 40.0. The first-order valence-electron chi connectivity index (χ1n) is 18.4. The quantitative estimate of drug-likeness (QED) is 0.0266. The first-order valence-corrected chi connectivity index (χ1v) is 19.9. The first-order chi connectivity index (χ1) is 26.1. The summed E-state index contributed by atoms with van der Waals surface area (Å²) in [6.07, 6.45) is 48.2. The molecule has 11 nitrogen and oxygen atoms in total. The zero-order valence-corrected chi connectivity index (χ0v) is 32.6. The van der Waals surface area contributed by atoms with Crippen molar-refractivity contribution in [2.24, 2.45) is 5.73 Å². The van der Waals surface area contributed by atoms with Gasteiger partial charge in [-0.15, -0.1) is 0 Å². The highest BCUT2D eigenvalue weighted by molar-refractivity contribution is 7.47. The lowest BCUT2D eigenvalue weighted by Crippen LogP contribution is -2.34. The molecule has 3 atom stereocenters. The fourth-order valence-corrected chi connectivity index (χ4v) is 4.61. The molecule has 0 saturated heterocycles. The van der Waals surface area contributed by atoms with Gasteiger partial charge >= 0.3 is 25.7 Å². The van der Waals surface area contributed by atoms with E-state index < -0.39 is 57.7 Å². The summed E-state index contributed by atoms with van der Waals surface area (Å²) in [5.41, 5.74) is 5.30. The number of carbonyl (C=O) groups is 3. The average molecular weight is 770 g/mol. The number of unbranched alkanes of at least 4 members (excludes halogenated alkanes) is 4. The normalized spacial score (nSPS) is 15.3. The number of phosphoric ester groups is 1. The second-order valence-electron chi connectivity index (χ2n) is 11.5. The number of hydrogen-bond donors (Lipinski definition) is 3. The van der Waals surface area contributed by atoms with Gasteiger partial charge in [-0.1, -0.05) is 154 Å². The molecule has 4 N–H and O–H groups in total. The molecule has 0 fully saturated rings. The van der Waals surface area contributed by atoms with E-state index in [9.17, 15) is 23.8 Å². The van der Waals surface area contributed by atoms with Crippen molar-refractivity contribution >= 4 is 25.7 Å². The molecule has 0 saturated carbocycles. The Morgan fingerprint density at radius 2 is 1.00 bits per heavy atom. The molecule has 0 heterocycles. The van der Waals surface area contributed by atoms with E-state index in [4.69, 9.17) is 24.8 Å². The maximum Gasteiger partial charge on any atom is 0.472 e. The van der Waals surface area contributed by atoms with Crippen LogP contribution in [0, 0.1) is 0 Å². The van der Waals surface area contributed by atoms with E-state index in [0.717, 1.165) is 32.1 Å².